The summed E-state index contributed by atoms with van der Waals surface area (Å²) in [5, 5.41) is 19.1. The van der Waals surface area contributed by atoms with Gasteiger partial charge in [0.2, 0.25) is 5.89 Å². The number of hydrogen-bond acceptors (Lipinski definition) is 6. The zero-order valence-corrected chi connectivity index (χ0v) is 23.4. The maximum absolute atomic E-state index is 13.8. The van der Waals surface area contributed by atoms with Crippen molar-refractivity contribution < 1.29 is 32.2 Å². The van der Waals surface area contributed by atoms with E-state index in [1.807, 2.05) is 50.2 Å². The second kappa shape index (κ2) is 11.6. The molecule has 0 radical (unpaired) electrons. The molecule has 0 fully saturated rings. The largest absolute Gasteiger partial charge is 0.496 e. The lowest BCUT2D eigenvalue weighted by Gasteiger charge is -2.15. The van der Waals surface area contributed by atoms with Gasteiger partial charge in [-0.3, -0.25) is 4.79 Å². The molecule has 0 aliphatic heterocycles. The van der Waals surface area contributed by atoms with Crippen LogP contribution < -0.4 is 4.74 Å². The van der Waals surface area contributed by atoms with E-state index in [1.54, 1.807) is 18.2 Å². The standard InChI is InChI=1S/C34H25F3N2O4/c1-19-22(10-11-23-15-31(42-3)25(18-41)14-29(23)34(35,36)37)6-4-7-26(19)27-8-5-9-28(20(27)2)33-39-30-13-21(17-40)12-24(16-38)32(30)43-33/h4-15,18,40H,17H2,1-3H3/b11-10+. The van der Waals surface area contributed by atoms with Crippen molar-refractivity contribution in [3.05, 3.63) is 105 Å². The number of methoxy groups -OCH3 is 1. The van der Waals surface area contributed by atoms with E-state index < -0.39 is 11.7 Å². The van der Waals surface area contributed by atoms with Crippen LogP contribution in [0, 0.1) is 25.2 Å². The molecule has 9 heteroatoms. The van der Waals surface area contributed by atoms with Gasteiger partial charge in [0.05, 0.1) is 30.4 Å². The predicted molar refractivity (Wildman–Crippen MR) is 157 cm³/mol. The average molecular weight is 583 g/mol. The smallest absolute Gasteiger partial charge is 0.417 e. The first-order valence-corrected chi connectivity index (χ1v) is 13.2. The van der Waals surface area contributed by atoms with Crippen molar-refractivity contribution in [1.82, 2.24) is 4.98 Å². The number of oxazole rings is 1. The monoisotopic (exact) mass is 582 g/mol. The fourth-order valence-electron chi connectivity index (χ4n) is 5.11. The summed E-state index contributed by atoms with van der Waals surface area (Å²) in [5.74, 6) is 0.372. The number of nitrogens with zero attached hydrogens (tertiary/aromatic N) is 2. The highest BCUT2D eigenvalue weighted by Gasteiger charge is 2.34. The normalized spacial score (nSPS) is 11.7. The van der Waals surface area contributed by atoms with E-state index in [2.05, 4.69) is 11.1 Å². The Morgan fingerprint density at radius 3 is 2.28 bits per heavy atom. The van der Waals surface area contributed by atoms with E-state index in [0.29, 0.717) is 40.0 Å². The number of aliphatic hydroxyl groups excluding tert-OH is 1. The van der Waals surface area contributed by atoms with Crippen LogP contribution in [0.15, 0.2) is 65.1 Å². The number of aldehydes is 1. The van der Waals surface area contributed by atoms with Crippen molar-refractivity contribution in [1.29, 1.82) is 5.26 Å². The molecule has 0 bridgehead atoms. The van der Waals surface area contributed by atoms with Gasteiger partial charge in [-0.25, -0.2) is 4.98 Å². The number of aromatic nitrogens is 1. The van der Waals surface area contributed by atoms with Crippen LogP contribution in [-0.4, -0.2) is 23.5 Å². The highest BCUT2D eigenvalue weighted by molar-refractivity contribution is 5.86. The summed E-state index contributed by atoms with van der Waals surface area (Å²) in [6.45, 7) is 3.57. The van der Waals surface area contributed by atoms with Crippen LogP contribution in [0.1, 0.15) is 49.3 Å². The zero-order valence-electron chi connectivity index (χ0n) is 23.4. The average Bonchev–Trinajstić information content (AvgIpc) is 3.43. The molecule has 1 N–H and O–H groups in total. The molecule has 43 heavy (non-hydrogen) atoms. The number of alkyl halides is 3. The van der Waals surface area contributed by atoms with Crippen LogP contribution in [-0.2, 0) is 12.8 Å². The topological polar surface area (TPSA) is 96.3 Å². The van der Waals surface area contributed by atoms with E-state index in [4.69, 9.17) is 9.15 Å². The van der Waals surface area contributed by atoms with Crippen molar-refractivity contribution in [3.8, 4) is 34.4 Å². The van der Waals surface area contributed by atoms with Crippen molar-refractivity contribution in [3.63, 3.8) is 0 Å². The molecule has 0 aliphatic rings. The molecular formula is C34H25F3N2O4. The summed E-state index contributed by atoms with van der Waals surface area (Å²) in [4.78, 5) is 15.9. The number of aliphatic hydroxyl groups is 1. The highest BCUT2D eigenvalue weighted by atomic mass is 19.4. The number of halogens is 3. The summed E-state index contributed by atoms with van der Waals surface area (Å²) in [6, 6.07) is 18.5. The number of carbonyl (C=O) groups is 1. The lowest BCUT2D eigenvalue weighted by atomic mass is 9.91. The first-order valence-electron chi connectivity index (χ1n) is 13.2. The maximum atomic E-state index is 13.8. The van der Waals surface area contributed by atoms with Crippen molar-refractivity contribution >= 4 is 29.5 Å². The Kier molecular flexibility index (Phi) is 7.89. The molecule has 0 amide bonds. The minimum atomic E-state index is -4.67. The molecule has 6 nitrogen and oxygen atoms in total. The number of fused-ring (bicyclic) bond motifs is 1. The summed E-state index contributed by atoms with van der Waals surface area (Å²) in [6.07, 6.45) is -1.37. The van der Waals surface area contributed by atoms with Crippen LogP contribution in [0.25, 0.3) is 45.8 Å². The molecule has 0 aliphatic carbocycles. The fourth-order valence-corrected chi connectivity index (χ4v) is 5.11. The molecule has 4 aromatic carbocycles. The van der Waals surface area contributed by atoms with Gasteiger partial charge in [-0.1, -0.05) is 42.5 Å². The van der Waals surface area contributed by atoms with Crippen molar-refractivity contribution in [2.24, 2.45) is 0 Å². The Morgan fingerprint density at radius 2 is 1.63 bits per heavy atom. The van der Waals surface area contributed by atoms with Gasteiger partial charge in [0.15, 0.2) is 11.9 Å². The van der Waals surface area contributed by atoms with E-state index in [-0.39, 0.29) is 29.0 Å². The maximum Gasteiger partial charge on any atom is 0.417 e. The number of benzene rings is 4. The SMILES string of the molecule is COc1cc(/C=C/c2cccc(-c3cccc(-c4nc5cc(CO)cc(C#N)c5o4)c3C)c2C)c(C(F)(F)F)cc1C=O. The molecule has 1 heterocycles. The molecule has 0 unspecified atom stereocenters. The van der Waals surface area contributed by atoms with Crippen LogP contribution >= 0.6 is 0 Å². The zero-order chi connectivity index (χ0) is 30.9. The molecule has 0 saturated carbocycles. The number of carbonyl (C=O) groups excluding carboxylic acids is 1. The molecule has 0 saturated heterocycles. The number of nitriles is 1. The van der Waals surface area contributed by atoms with E-state index in [0.717, 1.165) is 28.3 Å². The fraction of sp³-hybridized carbons (Fsp3) is 0.147. The summed E-state index contributed by atoms with van der Waals surface area (Å²) in [7, 11) is 1.29. The van der Waals surface area contributed by atoms with Gasteiger partial charge in [0, 0.05) is 5.56 Å². The van der Waals surface area contributed by atoms with Crippen LogP contribution in [0.2, 0.25) is 0 Å². The molecule has 5 aromatic rings. The minimum absolute atomic E-state index is 0.0502. The van der Waals surface area contributed by atoms with Crippen LogP contribution in [0.4, 0.5) is 13.2 Å². The van der Waals surface area contributed by atoms with Gasteiger partial charge in [-0.15, -0.1) is 0 Å². The third-order valence-electron chi connectivity index (χ3n) is 7.36. The summed E-state index contributed by atoms with van der Waals surface area (Å²) >= 11 is 0. The molecular weight excluding hydrogens is 557 g/mol. The van der Waals surface area contributed by atoms with Gasteiger partial charge in [-0.05, 0) is 83.1 Å². The van der Waals surface area contributed by atoms with Gasteiger partial charge < -0.3 is 14.3 Å². The molecule has 1 aromatic heterocycles. The van der Waals surface area contributed by atoms with Gasteiger partial charge in [0.25, 0.3) is 0 Å². The van der Waals surface area contributed by atoms with Crippen LogP contribution in [0.3, 0.4) is 0 Å². The lowest BCUT2D eigenvalue weighted by Crippen LogP contribution is -2.09. The number of hydrogen-bond donors (Lipinski definition) is 1. The van der Waals surface area contributed by atoms with Gasteiger partial charge in [-0.2, -0.15) is 18.4 Å². The molecule has 5 rings (SSSR count). The molecule has 216 valence electrons. The quantitative estimate of drug-likeness (QED) is 0.154. The Bertz CT molecular complexity index is 1950. The van der Waals surface area contributed by atoms with Gasteiger partial charge >= 0.3 is 6.18 Å². The lowest BCUT2D eigenvalue weighted by molar-refractivity contribution is -0.137. The van der Waals surface area contributed by atoms with Gasteiger partial charge in [0.1, 0.15) is 17.3 Å². The first-order chi connectivity index (χ1) is 20.6. The number of rotatable bonds is 7. The highest BCUT2D eigenvalue weighted by Crippen LogP contribution is 2.38. The van der Waals surface area contributed by atoms with E-state index in [1.165, 1.54) is 19.3 Å². The minimum Gasteiger partial charge on any atom is -0.496 e. The van der Waals surface area contributed by atoms with Crippen molar-refractivity contribution in [2.75, 3.05) is 7.11 Å². The van der Waals surface area contributed by atoms with Crippen molar-refractivity contribution in [2.45, 2.75) is 26.6 Å². The summed E-state index contributed by atoms with van der Waals surface area (Å²) < 4.78 is 52.6. The Labute approximate surface area is 245 Å². The Hall–Kier alpha value is -5.20. The predicted octanol–water partition coefficient (Wildman–Crippen LogP) is 8.15. The summed E-state index contributed by atoms with van der Waals surface area (Å²) in [5.41, 5.74) is 5.20. The molecule has 0 spiro atoms. The first kappa shape index (κ1) is 29.3. The van der Waals surface area contributed by atoms with E-state index in [9.17, 15) is 28.3 Å². The van der Waals surface area contributed by atoms with E-state index >= 15 is 0 Å². The second-order valence-corrected chi connectivity index (χ2v) is 9.91. The Balaban J connectivity index is 1.57. The third-order valence-corrected chi connectivity index (χ3v) is 7.36. The number of ether oxygens (including phenoxy) is 1. The third kappa shape index (κ3) is 5.53. The second-order valence-electron chi connectivity index (χ2n) is 9.91. The van der Waals surface area contributed by atoms with Crippen LogP contribution in [0.5, 0.6) is 5.75 Å². The molecule has 0 atom stereocenters. The Morgan fingerprint density at radius 1 is 0.953 bits per heavy atom.